The van der Waals surface area contributed by atoms with E-state index in [-0.39, 0.29) is 22.9 Å². The fraction of sp³-hybridized carbons (Fsp3) is 0.595. The van der Waals surface area contributed by atoms with Gasteiger partial charge in [0.2, 0.25) is 5.91 Å². The third kappa shape index (κ3) is 13.9. The van der Waals surface area contributed by atoms with Crippen molar-refractivity contribution < 1.29 is 14.3 Å². The summed E-state index contributed by atoms with van der Waals surface area (Å²) >= 11 is 1.87. The Morgan fingerprint density at radius 1 is 0.864 bits per heavy atom. The third-order valence-electron chi connectivity index (χ3n) is 8.14. The van der Waals surface area contributed by atoms with Gasteiger partial charge in [0, 0.05) is 31.4 Å². The average Bonchev–Trinajstić information content (AvgIpc) is 3.43. The van der Waals surface area contributed by atoms with Crippen molar-refractivity contribution in [3.05, 3.63) is 64.7 Å². The van der Waals surface area contributed by atoms with Gasteiger partial charge in [-0.2, -0.15) is 0 Å². The average molecular weight is 690 g/mol. The van der Waals surface area contributed by atoms with E-state index in [0.29, 0.717) is 19.6 Å². The van der Waals surface area contributed by atoms with Gasteiger partial charge >= 0.3 is 0 Å². The lowest BCUT2D eigenvalue weighted by molar-refractivity contribution is -0.118. The van der Waals surface area contributed by atoms with E-state index in [1.165, 1.54) is 81.1 Å². The fourth-order valence-electron chi connectivity index (χ4n) is 5.61. The molecule has 0 fully saturated rings. The number of carbonyl (C=O) groups excluding carboxylic acids is 1. The van der Waals surface area contributed by atoms with Crippen LogP contribution in [0, 0.1) is 0 Å². The Morgan fingerprint density at radius 3 is 2.16 bits per heavy atom. The Bertz CT molecular complexity index is 1130. The van der Waals surface area contributed by atoms with Crippen molar-refractivity contribution in [1.29, 1.82) is 0 Å². The first-order valence-electron chi connectivity index (χ1n) is 16.8. The summed E-state index contributed by atoms with van der Waals surface area (Å²) < 4.78 is 11.8. The van der Waals surface area contributed by atoms with Crippen molar-refractivity contribution in [2.45, 2.75) is 117 Å². The van der Waals surface area contributed by atoms with Crippen molar-refractivity contribution in [2.75, 3.05) is 31.0 Å². The lowest BCUT2D eigenvalue weighted by Gasteiger charge is -2.24. The lowest BCUT2D eigenvalue weighted by Crippen LogP contribution is -2.32. The molecule has 3 rings (SSSR count). The highest BCUT2D eigenvalue weighted by atomic mass is 79.9. The number of thioether (sulfide) groups is 1. The van der Waals surface area contributed by atoms with Crippen molar-refractivity contribution >= 4 is 40.3 Å². The largest absolute Gasteiger partial charge is 0.493 e. The van der Waals surface area contributed by atoms with Crippen molar-refractivity contribution in [2.24, 2.45) is 0 Å². The van der Waals surface area contributed by atoms with Gasteiger partial charge in [0.05, 0.1) is 19.6 Å². The normalized spacial score (nSPS) is 12.5. The predicted octanol–water partition coefficient (Wildman–Crippen LogP) is 10.7. The molecule has 1 heterocycles. The van der Waals surface area contributed by atoms with Gasteiger partial charge < -0.3 is 19.3 Å². The Labute approximate surface area is 282 Å². The molecule has 2 aromatic rings. The second-order valence-corrected chi connectivity index (χ2v) is 13.0. The number of hydrogen-bond donors (Lipinski definition) is 0. The van der Waals surface area contributed by atoms with Gasteiger partial charge in [-0.1, -0.05) is 103 Å². The minimum atomic E-state index is 0. The van der Waals surface area contributed by atoms with E-state index in [4.69, 9.17) is 9.47 Å². The number of ether oxygens (including phenoxy) is 2. The molecule has 0 saturated heterocycles. The molecular formula is C37H57BrN2O3S. The van der Waals surface area contributed by atoms with Crippen LogP contribution in [0.5, 0.6) is 11.5 Å². The van der Waals surface area contributed by atoms with Crippen LogP contribution in [0.25, 0.3) is 0 Å². The number of halogens is 1. The molecule has 0 spiro atoms. The number of allylic oxidation sites excluding steroid dienone is 1. The second kappa shape index (κ2) is 22.4. The molecule has 5 nitrogen and oxygen atoms in total. The Morgan fingerprint density at radius 2 is 1.55 bits per heavy atom. The Kier molecular flexibility index (Phi) is 19.4. The van der Waals surface area contributed by atoms with Crippen LogP contribution < -0.4 is 14.4 Å². The number of carbonyl (C=O) groups is 1. The van der Waals surface area contributed by atoms with Crippen LogP contribution in [0.1, 0.15) is 115 Å². The molecule has 44 heavy (non-hydrogen) atoms. The van der Waals surface area contributed by atoms with Gasteiger partial charge in [-0.3, -0.25) is 4.79 Å². The summed E-state index contributed by atoms with van der Waals surface area (Å²) in [5.41, 5.74) is 3.33. The molecule has 1 aliphatic heterocycles. The van der Waals surface area contributed by atoms with Crippen LogP contribution in [0.3, 0.4) is 0 Å². The van der Waals surface area contributed by atoms with Crippen LogP contribution in [0.2, 0.25) is 0 Å². The number of methoxy groups -OCH3 is 1. The topological polar surface area (TPSA) is 42.0 Å². The summed E-state index contributed by atoms with van der Waals surface area (Å²) in [6.07, 6.45) is 19.4. The van der Waals surface area contributed by atoms with Gasteiger partial charge in [-0.05, 0) is 60.1 Å². The Hall–Kier alpha value is -2.12. The standard InChI is InChI=1S/C37H56N2O3S.BrH/c1-5-7-8-9-10-11-12-13-14-15-16-17-25-42-36-27-32(21-22-35(36)41-4)23-24-39(37(40)6-2)34-20-18-19-33(26-34)29-38-28-31(3)43-30-38;/h18-22,26-28H,5-17,23-25,29-30H2,1-4H3;1H. The number of amides is 1. The van der Waals surface area contributed by atoms with Crippen LogP contribution in [0.15, 0.2) is 53.6 Å². The molecule has 246 valence electrons. The SMILES string of the molecule is Br.CCCCCCCCCCCCCCOc1cc(CCN(C(=O)CC)c2cccc(CN3C=C(C)SC3)c2)ccc1OC. The molecule has 7 heteroatoms. The zero-order valence-electron chi connectivity index (χ0n) is 27.8. The summed E-state index contributed by atoms with van der Waals surface area (Å²) in [4.78, 5) is 18.6. The maximum Gasteiger partial charge on any atom is 0.226 e. The van der Waals surface area contributed by atoms with Crippen LogP contribution in [0.4, 0.5) is 5.69 Å². The smallest absolute Gasteiger partial charge is 0.226 e. The second-order valence-electron chi connectivity index (χ2n) is 11.8. The van der Waals surface area contributed by atoms with E-state index in [1.54, 1.807) is 7.11 Å². The lowest BCUT2D eigenvalue weighted by atomic mass is 10.1. The number of hydrogen-bond acceptors (Lipinski definition) is 5. The molecule has 1 aliphatic rings. The molecule has 0 N–H and O–H groups in total. The first-order chi connectivity index (χ1) is 21.0. The summed E-state index contributed by atoms with van der Waals surface area (Å²) in [6.45, 7) is 8.54. The third-order valence-corrected chi connectivity index (χ3v) is 9.16. The van der Waals surface area contributed by atoms with Crippen LogP contribution >= 0.6 is 28.7 Å². The van der Waals surface area contributed by atoms with E-state index in [0.717, 1.165) is 48.0 Å². The molecule has 0 bridgehead atoms. The number of anilines is 1. The molecule has 0 atom stereocenters. The van der Waals surface area contributed by atoms with E-state index >= 15 is 0 Å². The minimum Gasteiger partial charge on any atom is -0.493 e. The molecule has 0 unspecified atom stereocenters. The number of unbranched alkanes of at least 4 members (excludes halogenated alkanes) is 11. The Balaban J connectivity index is 0.00000675. The van der Waals surface area contributed by atoms with Crippen molar-refractivity contribution in [3.8, 4) is 11.5 Å². The van der Waals surface area contributed by atoms with Crippen LogP contribution in [-0.2, 0) is 17.8 Å². The summed E-state index contributed by atoms with van der Waals surface area (Å²) in [5.74, 6) is 2.68. The van der Waals surface area contributed by atoms with E-state index in [2.05, 4.69) is 55.3 Å². The highest BCUT2D eigenvalue weighted by Gasteiger charge is 2.17. The molecule has 0 aromatic heterocycles. The first-order valence-corrected chi connectivity index (χ1v) is 17.8. The van der Waals surface area contributed by atoms with Crippen molar-refractivity contribution in [1.82, 2.24) is 4.90 Å². The van der Waals surface area contributed by atoms with Gasteiger partial charge in [0.15, 0.2) is 11.5 Å². The molecule has 0 saturated carbocycles. The molecule has 0 radical (unpaired) electrons. The first kappa shape index (κ1) is 38.1. The maximum atomic E-state index is 13.0. The minimum absolute atomic E-state index is 0. The molecule has 0 aliphatic carbocycles. The van der Waals surface area contributed by atoms with E-state index in [1.807, 2.05) is 35.7 Å². The zero-order chi connectivity index (χ0) is 30.7. The molecule has 1 amide bonds. The van der Waals surface area contributed by atoms with E-state index in [9.17, 15) is 4.79 Å². The van der Waals surface area contributed by atoms with Crippen LogP contribution in [-0.4, -0.2) is 36.9 Å². The number of nitrogens with zero attached hydrogens (tertiary/aromatic N) is 2. The highest BCUT2D eigenvalue weighted by Crippen LogP contribution is 2.30. The summed E-state index contributed by atoms with van der Waals surface area (Å²) in [6, 6.07) is 14.6. The quantitative estimate of drug-likeness (QED) is 0.115. The molecule has 2 aromatic carbocycles. The summed E-state index contributed by atoms with van der Waals surface area (Å²) in [5, 5.41) is 0. The van der Waals surface area contributed by atoms with Gasteiger partial charge in [0.1, 0.15) is 0 Å². The number of rotatable bonds is 22. The van der Waals surface area contributed by atoms with Gasteiger partial charge in [-0.15, -0.1) is 28.7 Å². The monoisotopic (exact) mass is 688 g/mol. The molecular weight excluding hydrogens is 632 g/mol. The fourth-order valence-corrected chi connectivity index (χ4v) is 6.37. The van der Waals surface area contributed by atoms with Crippen molar-refractivity contribution in [3.63, 3.8) is 0 Å². The zero-order valence-corrected chi connectivity index (χ0v) is 30.3. The maximum absolute atomic E-state index is 13.0. The van der Waals surface area contributed by atoms with E-state index < -0.39 is 0 Å². The van der Waals surface area contributed by atoms with Gasteiger partial charge in [0.25, 0.3) is 0 Å². The van der Waals surface area contributed by atoms with Gasteiger partial charge in [-0.25, -0.2) is 0 Å². The predicted molar refractivity (Wildman–Crippen MR) is 194 cm³/mol. The number of benzene rings is 2. The highest BCUT2D eigenvalue weighted by molar-refractivity contribution is 8.93. The summed E-state index contributed by atoms with van der Waals surface area (Å²) in [7, 11) is 1.69.